The Morgan fingerprint density at radius 1 is 1.11 bits per heavy atom. The molecule has 1 aliphatic rings. The second-order valence-corrected chi connectivity index (χ2v) is 9.00. The summed E-state index contributed by atoms with van der Waals surface area (Å²) in [6.45, 7) is 2.36. The number of sulfonamides is 1. The first-order valence-electron chi connectivity index (χ1n) is 8.52. The first kappa shape index (κ1) is 17.8. The Morgan fingerprint density at radius 2 is 1.93 bits per heavy atom. The number of hydrogen-bond donors (Lipinski definition) is 1. The highest BCUT2D eigenvalue weighted by Gasteiger charge is 2.27. The number of aryl methyl sites for hydroxylation is 1. The van der Waals surface area contributed by atoms with Gasteiger partial charge in [0.2, 0.25) is 0 Å². The van der Waals surface area contributed by atoms with Crippen molar-refractivity contribution in [2.45, 2.75) is 18.2 Å². The standard InChI is InChI=1S/C20H18N2O3S2/c1-14-5-2-3-7-19(14)27(24,25)21-16-9-8-15-10-11-22(17(15)13-16)20(23)18-6-4-12-26-18/h2-9,12-13,21H,10-11H2,1H3. The highest BCUT2D eigenvalue weighted by atomic mass is 32.2. The van der Waals surface area contributed by atoms with E-state index in [1.165, 1.54) is 11.3 Å². The molecule has 1 aromatic heterocycles. The van der Waals surface area contributed by atoms with Crippen molar-refractivity contribution in [1.29, 1.82) is 0 Å². The number of carbonyl (C=O) groups is 1. The van der Waals surface area contributed by atoms with E-state index in [1.54, 1.807) is 54.3 Å². The Hall–Kier alpha value is -2.64. The SMILES string of the molecule is Cc1ccccc1S(=O)(=O)Nc1ccc2c(c1)N(C(=O)c1cccs1)CC2. The van der Waals surface area contributed by atoms with E-state index in [1.807, 2.05) is 17.5 Å². The van der Waals surface area contributed by atoms with Gasteiger partial charge >= 0.3 is 0 Å². The Balaban J connectivity index is 1.65. The zero-order valence-electron chi connectivity index (χ0n) is 14.7. The summed E-state index contributed by atoms with van der Waals surface area (Å²) >= 11 is 1.40. The Morgan fingerprint density at radius 3 is 2.67 bits per heavy atom. The lowest BCUT2D eigenvalue weighted by Gasteiger charge is -2.18. The van der Waals surface area contributed by atoms with Crippen LogP contribution >= 0.6 is 11.3 Å². The minimum Gasteiger partial charge on any atom is -0.307 e. The molecule has 0 unspecified atom stereocenters. The summed E-state index contributed by atoms with van der Waals surface area (Å²) in [5, 5.41) is 1.87. The van der Waals surface area contributed by atoms with Crippen LogP contribution in [0.3, 0.4) is 0 Å². The number of fused-ring (bicyclic) bond motifs is 1. The lowest BCUT2D eigenvalue weighted by Crippen LogP contribution is -2.28. The molecule has 1 N–H and O–H groups in total. The van der Waals surface area contributed by atoms with Crippen LogP contribution in [0.4, 0.5) is 11.4 Å². The van der Waals surface area contributed by atoms with Gasteiger partial charge in [-0.05, 0) is 54.1 Å². The van der Waals surface area contributed by atoms with Crippen LogP contribution in [0.2, 0.25) is 0 Å². The van der Waals surface area contributed by atoms with E-state index >= 15 is 0 Å². The van der Waals surface area contributed by atoms with E-state index in [4.69, 9.17) is 0 Å². The number of benzene rings is 2. The number of hydrogen-bond acceptors (Lipinski definition) is 4. The largest absolute Gasteiger partial charge is 0.307 e. The van der Waals surface area contributed by atoms with Crippen molar-refractivity contribution in [3.63, 3.8) is 0 Å². The van der Waals surface area contributed by atoms with E-state index in [9.17, 15) is 13.2 Å². The minimum absolute atomic E-state index is 0.0531. The normalized spacial score (nSPS) is 13.4. The number of nitrogens with one attached hydrogen (secondary N) is 1. The number of thiophene rings is 1. The van der Waals surface area contributed by atoms with Crippen molar-refractivity contribution in [3.8, 4) is 0 Å². The molecule has 0 aliphatic carbocycles. The third-order valence-corrected chi connectivity index (χ3v) is 6.99. The maximum absolute atomic E-state index is 12.7. The van der Waals surface area contributed by atoms with Crippen LogP contribution in [-0.2, 0) is 16.4 Å². The third-order valence-electron chi connectivity index (χ3n) is 4.59. The second-order valence-electron chi connectivity index (χ2n) is 6.40. The first-order chi connectivity index (χ1) is 13.0. The van der Waals surface area contributed by atoms with Gasteiger partial charge in [-0.25, -0.2) is 8.42 Å². The summed E-state index contributed by atoms with van der Waals surface area (Å²) in [5.41, 5.74) is 2.93. The van der Waals surface area contributed by atoms with Gasteiger partial charge in [0.15, 0.2) is 0 Å². The fraction of sp³-hybridized carbons (Fsp3) is 0.150. The van der Waals surface area contributed by atoms with E-state index in [-0.39, 0.29) is 10.8 Å². The summed E-state index contributed by atoms with van der Waals surface area (Å²) in [7, 11) is -3.69. The molecule has 0 atom stereocenters. The molecule has 0 saturated heterocycles. The van der Waals surface area contributed by atoms with Crippen LogP contribution in [0.15, 0.2) is 64.9 Å². The molecule has 2 heterocycles. The van der Waals surface area contributed by atoms with Crippen molar-refractivity contribution in [3.05, 3.63) is 76.0 Å². The number of carbonyl (C=O) groups excluding carboxylic acids is 1. The third kappa shape index (κ3) is 3.36. The molecule has 5 nitrogen and oxygen atoms in total. The Kier molecular flexibility index (Phi) is 4.49. The van der Waals surface area contributed by atoms with Crippen LogP contribution in [0.5, 0.6) is 0 Å². The van der Waals surface area contributed by atoms with Crippen molar-refractivity contribution in [2.24, 2.45) is 0 Å². The fourth-order valence-electron chi connectivity index (χ4n) is 3.25. The van der Waals surface area contributed by atoms with Crippen LogP contribution in [0, 0.1) is 6.92 Å². The van der Waals surface area contributed by atoms with Gasteiger partial charge < -0.3 is 4.90 Å². The highest BCUT2D eigenvalue weighted by Crippen LogP contribution is 2.33. The average molecular weight is 399 g/mol. The number of rotatable bonds is 4. The molecule has 0 radical (unpaired) electrons. The van der Waals surface area contributed by atoms with Crippen molar-refractivity contribution in [1.82, 2.24) is 0 Å². The molecular weight excluding hydrogens is 380 g/mol. The summed E-state index contributed by atoms with van der Waals surface area (Å²) in [5.74, 6) is -0.0531. The maximum Gasteiger partial charge on any atom is 0.268 e. The minimum atomic E-state index is -3.69. The highest BCUT2D eigenvalue weighted by molar-refractivity contribution is 7.92. The smallest absolute Gasteiger partial charge is 0.268 e. The van der Waals surface area contributed by atoms with E-state index in [0.29, 0.717) is 22.7 Å². The fourth-order valence-corrected chi connectivity index (χ4v) is 5.22. The maximum atomic E-state index is 12.7. The lowest BCUT2D eigenvalue weighted by atomic mass is 10.1. The van der Waals surface area contributed by atoms with Crippen LogP contribution < -0.4 is 9.62 Å². The van der Waals surface area contributed by atoms with Gasteiger partial charge in [0.25, 0.3) is 15.9 Å². The molecule has 0 fully saturated rings. The zero-order chi connectivity index (χ0) is 19.0. The predicted molar refractivity (Wildman–Crippen MR) is 108 cm³/mol. The monoisotopic (exact) mass is 398 g/mol. The average Bonchev–Trinajstić information content (AvgIpc) is 3.31. The summed E-state index contributed by atoms with van der Waals surface area (Å²) < 4.78 is 28.1. The van der Waals surface area contributed by atoms with Crippen LogP contribution in [0.1, 0.15) is 20.8 Å². The van der Waals surface area contributed by atoms with Gasteiger partial charge in [-0.2, -0.15) is 0 Å². The molecule has 0 saturated carbocycles. The Bertz CT molecular complexity index is 1110. The summed E-state index contributed by atoms with van der Waals surface area (Å²) in [4.78, 5) is 15.4. The first-order valence-corrected chi connectivity index (χ1v) is 10.9. The molecule has 0 bridgehead atoms. The van der Waals surface area contributed by atoms with Gasteiger partial charge in [0.05, 0.1) is 15.5 Å². The molecule has 2 aromatic carbocycles. The molecule has 3 aromatic rings. The van der Waals surface area contributed by atoms with Crippen molar-refractivity contribution >= 4 is 38.6 Å². The Labute approximate surface area is 162 Å². The van der Waals surface area contributed by atoms with E-state index < -0.39 is 10.0 Å². The predicted octanol–water partition coefficient (Wildman–Crippen LogP) is 4.06. The van der Waals surface area contributed by atoms with Crippen molar-refractivity contribution in [2.75, 3.05) is 16.2 Å². The molecule has 27 heavy (non-hydrogen) atoms. The second kappa shape index (κ2) is 6.83. The van der Waals surface area contributed by atoms with Crippen LogP contribution in [-0.4, -0.2) is 20.9 Å². The van der Waals surface area contributed by atoms with Crippen molar-refractivity contribution < 1.29 is 13.2 Å². The zero-order valence-corrected chi connectivity index (χ0v) is 16.3. The van der Waals surface area contributed by atoms with Gasteiger partial charge in [-0.15, -0.1) is 11.3 Å². The van der Waals surface area contributed by atoms with Gasteiger partial charge in [-0.1, -0.05) is 30.3 Å². The number of anilines is 2. The summed E-state index contributed by atoms with van der Waals surface area (Å²) in [6.07, 6.45) is 0.761. The summed E-state index contributed by atoms with van der Waals surface area (Å²) in [6, 6.07) is 15.9. The van der Waals surface area contributed by atoms with E-state index in [0.717, 1.165) is 17.7 Å². The van der Waals surface area contributed by atoms with Gasteiger partial charge in [0.1, 0.15) is 0 Å². The molecule has 1 amide bonds. The van der Waals surface area contributed by atoms with Crippen LogP contribution in [0.25, 0.3) is 0 Å². The molecule has 0 spiro atoms. The van der Waals surface area contributed by atoms with E-state index in [2.05, 4.69) is 4.72 Å². The lowest BCUT2D eigenvalue weighted by molar-refractivity contribution is 0.0993. The molecule has 1 aliphatic heterocycles. The molecular formula is C20H18N2O3S2. The molecule has 138 valence electrons. The topological polar surface area (TPSA) is 66.5 Å². The van der Waals surface area contributed by atoms with Gasteiger partial charge in [-0.3, -0.25) is 9.52 Å². The molecule has 7 heteroatoms. The quantitative estimate of drug-likeness (QED) is 0.721. The number of nitrogens with zero attached hydrogens (tertiary/aromatic N) is 1. The molecule has 4 rings (SSSR count). The van der Waals surface area contributed by atoms with Gasteiger partial charge in [0, 0.05) is 12.2 Å². The number of amides is 1.